The number of ketones is 1. The van der Waals surface area contributed by atoms with Crippen molar-refractivity contribution in [3.8, 4) is 17.0 Å². The van der Waals surface area contributed by atoms with E-state index in [9.17, 15) is 9.59 Å². The highest BCUT2D eigenvalue weighted by atomic mass is 16.5. The van der Waals surface area contributed by atoms with Gasteiger partial charge in [0.05, 0.1) is 5.69 Å². The van der Waals surface area contributed by atoms with E-state index in [-0.39, 0.29) is 5.78 Å². The van der Waals surface area contributed by atoms with Crippen molar-refractivity contribution >= 4 is 11.8 Å². The van der Waals surface area contributed by atoms with Crippen molar-refractivity contribution in [1.29, 1.82) is 0 Å². The van der Waals surface area contributed by atoms with Gasteiger partial charge in [0, 0.05) is 25.6 Å². The number of carbonyl (C=O) groups excluding carboxylic acids is 2. The molecule has 1 heterocycles. The largest absolute Gasteiger partial charge is 0.409 e. The Kier molecular flexibility index (Phi) is 4.29. The van der Waals surface area contributed by atoms with E-state index in [2.05, 4.69) is 0 Å². The van der Waals surface area contributed by atoms with Crippen LogP contribution < -0.4 is 4.74 Å². The Balaban J connectivity index is 1.86. The van der Waals surface area contributed by atoms with Crippen LogP contribution in [0.5, 0.6) is 5.88 Å². The van der Waals surface area contributed by atoms with Gasteiger partial charge in [-0.05, 0) is 17.2 Å². The Morgan fingerprint density at radius 2 is 1.46 bits per heavy atom. The highest BCUT2D eigenvalue weighted by molar-refractivity contribution is 6.08. The van der Waals surface area contributed by atoms with Crippen LogP contribution in [0.3, 0.4) is 0 Å². The summed E-state index contributed by atoms with van der Waals surface area (Å²) in [6.07, 6.45) is 0. The van der Waals surface area contributed by atoms with Gasteiger partial charge in [0.1, 0.15) is 0 Å². The number of hydrogen-bond acceptors (Lipinski definition) is 3. The molecule has 0 bridgehead atoms. The molecule has 0 aliphatic rings. The van der Waals surface area contributed by atoms with E-state index in [1.807, 2.05) is 54.6 Å². The zero-order chi connectivity index (χ0) is 17.1. The first-order valence-electron chi connectivity index (χ1n) is 7.60. The number of rotatable bonds is 4. The summed E-state index contributed by atoms with van der Waals surface area (Å²) in [6, 6.07) is 20.7. The second-order valence-corrected chi connectivity index (χ2v) is 5.48. The molecule has 0 saturated heterocycles. The summed E-state index contributed by atoms with van der Waals surface area (Å²) in [4.78, 5) is 23.7. The van der Waals surface area contributed by atoms with E-state index in [0.29, 0.717) is 17.1 Å². The standard InChI is InChI=1S/C20H17NO3/c1-14(22)24-19-13-12-18(21(19)2)20(23)17-10-8-16(9-11-17)15-6-4-3-5-7-15/h3-13H,1-2H3. The van der Waals surface area contributed by atoms with Crippen LogP contribution in [-0.2, 0) is 11.8 Å². The molecule has 0 N–H and O–H groups in total. The lowest BCUT2D eigenvalue weighted by Gasteiger charge is -2.07. The minimum Gasteiger partial charge on any atom is -0.409 e. The van der Waals surface area contributed by atoms with Crippen molar-refractivity contribution in [3.05, 3.63) is 78.0 Å². The summed E-state index contributed by atoms with van der Waals surface area (Å²) >= 11 is 0. The average Bonchev–Trinajstić information content (AvgIpc) is 2.95. The number of hydrogen-bond donors (Lipinski definition) is 0. The molecule has 4 nitrogen and oxygen atoms in total. The normalized spacial score (nSPS) is 10.4. The van der Waals surface area contributed by atoms with E-state index >= 15 is 0 Å². The summed E-state index contributed by atoms with van der Waals surface area (Å²) in [6.45, 7) is 1.33. The SMILES string of the molecule is CC(=O)Oc1ccc(C(=O)c2ccc(-c3ccccc3)cc2)n1C. The van der Waals surface area contributed by atoms with Gasteiger partial charge in [0.15, 0.2) is 0 Å². The zero-order valence-electron chi connectivity index (χ0n) is 13.5. The highest BCUT2D eigenvalue weighted by Crippen LogP contribution is 2.22. The van der Waals surface area contributed by atoms with Gasteiger partial charge >= 0.3 is 5.97 Å². The van der Waals surface area contributed by atoms with Gasteiger partial charge in [-0.2, -0.15) is 0 Å². The van der Waals surface area contributed by atoms with Crippen LogP contribution in [0.25, 0.3) is 11.1 Å². The fraction of sp³-hybridized carbons (Fsp3) is 0.100. The second kappa shape index (κ2) is 6.54. The van der Waals surface area contributed by atoms with E-state index in [4.69, 9.17) is 4.74 Å². The van der Waals surface area contributed by atoms with E-state index in [0.717, 1.165) is 11.1 Å². The summed E-state index contributed by atoms with van der Waals surface area (Å²) in [5, 5.41) is 0. The van der Waals surface area contributed by atoms with Crippen molar-refractivity contribution in [2.75, 3.05) is 0 Å². The van der Waals surface area contributed by atoms with Crippen LogP contribution in [0, 0.1) is 0 Å². The minimum absolute atomic E-state index is 0.115. The first kappa shape index (κ1) is 15.7. The molecular formula is C20H17NO3. The van der Waals surface area contributed by atoms with Gasteiger partial charge in [-0.25, -0.2) is 0 Å². The summed E-state index contributed by atoms with van der Waals surface area (Å²) in [5.74, 6) is -0.176. The molecule has 24 heavy (non-hydrogen) atoms. The number of esters is 1. The Morgan fingerprint density at radius 3 is 2.08 bits per heavy atom. The predicted octanol–water partition coefficient (Wildman–Crippen LogP) is 3.85. The molecule has 4 heteroatoms. The van der Waals surface area contributed by atoms with Crippen LogP contribution in [0.2, 0.25) is 0 Å². The molecule has 0 atom stereocenters. The molecule has 3 aromatic rings. The van der Waals surface area contributed by atoms with E-state index in [1.165, 1.54) is 6.92 Å². The Labute approximate surface area is 140 Å². The predicted molar refractivity (Wildman–Crippen MR) is 92.0 cm³/mol. The highest BCUT2D eigenvalue weighted by Gasteiger charge is 2.16. The number of ether oxygens (including phenoxy) is 1. The summed E-state index contributed by atoms with van der Waals surface area (Å²) in [7, 11) is 1.70. The van der Waals surface area contributed by atoms with Gasteiger partial charge in [-0.3, -0.25) is 9.59 Å². The molecule has 1 aromatic heterocycles. The van der Waals surface area contributed by atoms with Gasteiger partial charge in [0.2, 0.25) is 11.7 Å². The monoisotopic (exact) mass is 319 g/mol. The maximum Gasteiger partial charge on any atom is 0.309 e. The molecule has 0 amide bonds. The van der Waals surface area contributed by atoms with Gasteiger partial charge in [-0.1, -0.05) is 54.6 Å². The first-order valence-corrected chi connectivity index (χ1v) is 7.60. The zero-order valence-corrected chi connectivity index (χ0v) is 13.5. The fourth-order valence-corrected chi connectivity index (χ4v) is 2.56. The van der Waals surface area contributed by atoms with Crippen molar-refractivity contribution in [2.45, 2.75) is 6.92 Å². The lowest BCUT2D eigenvalue weighted by molar-refractivity contribution is -0.132. The third-order valence-electron chi connectivity index (χ3n) is 3.81. The fourth-order valence-electron chi connectivity index (χ4n) is 2.56. The number of carbonyl (C=O) groups is 2. The van der Waals surface area contributed by atoms with Crippen LogP contribution in [0.1, 0.15) is 23.0 Å². The summed E-state index contributed by atoms with van der Waals surface area (Å²) < 4.78 is 6.64. The minimum atomic E-state index is -0.414. The molecule has 0 unspecified atom stereocenters. The van der Waals surface area contributed by atoms with Crippen LogP contribution in [0.4, 0.5) is 0 Å². The molecule has 0 fully saturated rings. The summed E-state index contributed by atoms with van der Waals surface area (Å²) in [5.41, 5.74) is 3.22. The molecule has 0 radical (unpaired) electrons. The lowest BCUT2D eigenvalue weighted by atomic mass is 10.0. The van der Waals surface area contributed by atoms with Gasteiger partial charge < -0.3 is 9.30 Å². The van der Waals surface area contributed by atoms with E-state index < -0.39 is 5.97 Å². The average molecular weight is 319 g/mol. The first-order chi connectivity index (χ1) is 11.6. The Morgan fingerprint density at radius 1 is 0.833 bits per heavy atom. The third-order valence-corrected chi connectivity index (χ3v) is 3.81. The molecule has 3 rings (SSSR count). The van der Waals surface area contributed by atoms with E-state index in [1.54, 1.807) is 23.7 Å². The van der Waals surface area contributed by atoms with Crippen LogP contribution >= 0.6 is 0 Å². The maximum atomic E-state index is 12.7. The maximum absolute atomic E-state index is 12.7. The van der Waals surface area contributed by atoms with Crippen LogP contribution in [0.15, 0.2) is 66.7 Å². The Hall–Kier alpha value is -3.14. The number of nitrogens with zero attached hydrogens (tertiary/aromatic N) is 1. The quantitative estimate of drug-likeness (QED) is 0.542. The molecule has 2 aromatic carbocycles. The molecule has 0 aliphatic carbocycles. The van der Waals surface area contributed by atoms with Crippen molar-refractivity contribution in [2.24, 2.45) is 7.05 Å². The van der Waals surface area contributed by atoms with Crippen LogP contribution in [-0.4, -0.2) is 16.3 Å². The molecule has 0 saturated carbocycles. The Bertz CT molecular complexity index is 877. The van der Waals surface area contributed by atoms with Crippen molar-refractivity contribution in [1.82, 2.24) is 4.57 Å². The smallest absolute Gasteiger partial charge is 0.309 e. The molecule has 120 valence electrons. The van der Waals surface area contributed by atoms with Crippen molar-refractivity contribution in [3.63, 3.8) is 0 Å². The number of benzene rings is 2. The van der Waals surface area contributed by atoms with Gasteiger partial charge in [0.25, 0.3) is 0 Å². The molecule has 0 spiro atoms. The topological polar surface area (TPSA) is 48.3 Å². The molecular weight excluding hydrogens is 302 g/mol. The third kappa shape index (κ3) is 3.13. The lowest BCUT2D eigenvalue weighted by Crippen LogP contribution is -2.10. The second-order valence-electron chi connectivity index (χ2n) is 5.48. The number of aromatic nitrogens is 1. The molecule has 0 aliphatic heterocycles. The van der Waals surface area contributed by atoms with Gasteiger partial charge in [-0.15, -0.1) is 0 Å². The van der Waals surface area contributed by atoms with Crippen molar-refractivity contribution < 1.29 is 14.3 Å².